The number of rotatable bonds is 5. The van der Waals surface area contributed by atoms with Crippen molar-refractivity contribution < 1.29 is 9.84 Å². The van der Waals surface area contributed by atoms with Crippen LogP contribution in [0.5, 0.6) is 0 Å². The Morgan fingerprint density at radius 2 is 1.93 bits per heavy atom. The number of nitriles is 1. The fourth-order valence-corrected chi connectivity index (χ4v) is 1.30. The smallest absolute Gasteiger partial charge is 0.215 e. The van der Waals surface area contributed by atoms with E-state index in [0.29, 0.717) is 6.42 Å². The zero-order chi connectivity index (χ0) is 12.1. The van der Waals surface area contributed by atoms with E-state index >= 15 is 0 Å². The molecule has 88 valence electrons. The third-order valence-electron chi connectivity index (χ3n) is 1.90. The molecule has 2 N–H and O–H groups in total. The van der Waals surface area contributed by atoms with Crippen LogP contribution in [-0.2, 0) is 4.74 Å². The molecule has 2 unspecified atom stereocenters. The Morgan fingerprint density at radius 1 is 1.40 bits per heavy atom. The van der Waals surface area contributed by atoms with Gasteiger partial charge in [-0.15, -0.1) is 0 Å². The van der Waals surface area contributed by atoms with Crippen molar-refractivity contribution in [2.75, 3.05) is 0 Å². The monoisotopic (exact) mass is 214 g/mol. The van der Waals surface area contributed by atoms with E-state index in [1.54, 1.807) is 6.92 Å². The molecule has 0 bridgehead atoms. The van der Waals surface area contributed by atoms with Crippen LogP contribution < -0.4 is 5.32 Å². The summed E-state index contributed by atoms with van der Waals surface area (Å²) in [5, 5.41) is 21.4. The minimum absolute atomic E-state index is 0.436. The van der Waals surface area contributed by atoms with Gasteiger partial charge in [-0.2, -0.15) is 5.26 Å². The lowest BCUT2D eigenvalue weighted by atomic mass is 9.98. The van der Waals surface area contributed by atoms with Crippen molar-refractivity contribution in [3.63, 3.8) is 0 Å². The first-order valence-corrected chi connectivity index (χ1v) is 5.27. The van der Waals surface area contributed by atoms with E-state index in [2.05, 4.69) is 11.4 Å². The third-order valence-corrected chi connectivity index (χ3v) is 1.90. The third kappa shape index (κ3) is 6.45. The Morgan fingerprint density at radius 3 is 2.27 bits per heavy atom. The summed E-state index contributed by atoms with van der Waals surface area (Å²) >= 11 is 0. The average molecular weight is 214 g/mol. The van der Waals surface area contributed by atoms with Crippen molar-refractivity contribution in [2.45, 2.75) is 65.0 Å². The van der Waals surface area contributed by atoms with Gasteiger partial charge in [-0.1, -0.05) is 13.3 Å². The highest BCUT2D eigenvalue weighted by Crippen LogP contribution is 2.14. The Kier molecular flexibility index (Phi) is 5.22. The molecule has 0 aromatic heterocycles. The fraction of sp³-hybridized carbons (Fsp3) is 0.909. The van der Waals surface area contributed by atoms with Crippen molar-refractivity contribution in [3.8, 4) is 6.07 Å². The van der Waals surface area contributed by atoms with Crippen LogP contribution >= 0.6 is 0 Å². The topological polar surface area (TPSA) is 65.3 Å². The van der Waals surface area contributed by atoms with Crippen LogP contribution in [0.1, 0.15) is 47.5 Å². The molecular formula is C11H22N2O2. The van der Waals surface area contributed by atoms with Gasteiger partial charge in [-0.25, -0.2) is 0 Å². The van der Waals surface area contributed by atoms with E-state index in [4.69, 9.17) is 10.00 Å². The number of aliphatic hydroxyl groups excluding tert-OH is 1. The van der Waals surface area contributed by atoms with Gasteiger partial charge in [0.1, 0.15) is 5.54 Å². The summed E-state index contributed by atoms with van der Waals surface area (Å²) in [6.07, 6.45) is 0.439. The second-order valence-corrected chi connectivity index (χ2v) is 4.92. The summed E-state index contributed by atoms with van der Waals surface area (Å²) in [6.45, 7) is 9.30. The summed E-state index contributed by atoms with van der Waals surface area (Å²) in [6, 6.07) is 2.14. The molecule has 0 radical (unpaired) electrons. The van der Waals surface area contributed by atoms with Crippen LogP contribution in [0.2, 0.25) is 0 Å². The van der Waals surface area contributed by atoms with Gasteiger partial charge >= 0.3 is 0 Å². The maximum Gasteiger partial charge on any atom is 0.215 e. The Balaban J connectivity index is 4.26. The molecule has 2 atom stereocenters. The molecule has 0 fully saturated rings. The van der Waals surface area contributed by atoms with Gasteiger partial charge in [0.05, 0.1) is 11.7 Å². The molecule has 0 saturated carbocycles. The van der Waals surface area contributed by atoms with Gasteiger partial charge in [0.2, 0.25) is 6.41 Å². The minimum atomic E-state index is -1.11. The summed E-state index contributed by atoms with van der Waals surface area (Å²) in [7, 11) is 0. The highest BCUT2D eigenvalue weighted by molar-refractivity contribution is 5.03. The molecule has 0 aliphatic rings. The Labute approximate surface area is 92.2 Å². The zero-order valence-electron chi connectivity index (χ0n) is 10.3. The van der Waals surface area contributed by atoms with E-state index in [1.165, 1.54) is 0 Å². The van der Waals surface area contributed by atoms with E-state index < -0.39 is 17.6 Å². The van der Waals surface area contributed by atoms with E-state index in [0.717, 1.165) is 6.42 Å². The molecule has 0 aliphatic carbocycles. The van der Waals surface area contributed by atoms with Crippen molar-refractivity contribution in [1.29, 1.82) is 5.26 Å². The molecule has 4 heteroatoms. The molecule has 15 heavy (non-hydrogen) atoms. The van der Waals surface area contributed by atoms with Crippen molar-refractivity contribution in [2.24, 2.45) is 0 Å². The predicted octanol–water partition coefficient (Wildman–Crippen LogP) is 1.75. The largest absolute Gasteiger partial charge is 0.356 e. The van der Waals surface area contributed by atoms with Gasteiger partial charge in [-0.05, 0) is 34.1 Å². The first-order valence-electron chi connectivity index (χ1n) is 5.27. The standard InChI is InChI=1S/C11H22N2O2/c1-6-7-11(5,8-12)13-9(14)15-10(2,3)4/h9,13-14H,6-7H2,1-5H3. The SMILES string of the molecule is CCCC(C)(C#N)NC(O)OC(C)(C)C. The first kappa shape index (κ1) is 14.4. The molecule has 0 aliphatic heterocycles. The summed E-state index contributed by atoms with van der Waals surface area (Å²) in [5.74, 6) is 0. The molecule has 0 saturated heterocycles. The number of hydrogen-bond acceptors (Lipinski definition) is 4. The average Bonchev–Trinajstić information content (AvgIpc) is 2.00. The molecule has 0 aromatic rings. The minimum Gasteiger partial charge on any atom is -0.356 e. The maximum atomic E-state index is 9.59. The highest BCUT2D eigenvalue weighted by atomic mass is 16.6. The number of nitrogens with one attached hydrogen (secondary N) is 1. The number of nitrogens with zero attached hydrogens (tertiary/aromatic N) is 1. The lowest BCUT2D eigenvalue weighted by molar-refractivity contribution is -0.188. The summed E-state index contributed by atoms with van der Waals surface area (Å²) in [5.41, 5.74) is -1.17. The van der Waals surface area contributed by atoms with Crippen molar-refractivity contribution in [3.05, 3.63) is 0 Å². The van der Waals surface area contributed by atoms with Crippen LogP contribution in [0.15, 0.2) is 0 Å². The molecule has 0 aromatic carbocycles. The van der Waals surface area contributed by atoms with Crippen molar-refractivity contribution in [1.82, 2.24) is 5.32 Å². The van der Waals surface area contributed by atoms with Gasteiger partial charge in [0.15, 0.2) is 0 Å². The number of hydrogen-bond donors (Lipinski definition) is 2. The molecule has 0 heterocycles. The van der Waals surface area contributed by atoms with Crippen LogP contribution in [-0.4, -0.2) is 22.7 Å². The van der Waals surface area contributed by atoms with Crippen LogP contribution in [0.3, 0.4) is 0 Å². The predicted molar refractivity (Wildman–Crippen MR) is 58.9 cm³/mol. The first-order chi connectivity index (χ1) is 6.72. The summed E-state index contributed by atoms with van der Waals surface area (Å²) in [4.78, 5) is 0. The molecule has 0 amide bonds. The molecular weight excluding hydrogens is 192 g/mol. The van der Waals surface area contributed by atoms with Crippen LogP contribution in [0.25, 0.3) is 0 Å². The fourth-order valence-electron chi connectivity index (χ4n) is 1.30. The van der Waals surface area contributed by atoms with E-state index in [-0.39, 0.29) is 0 Å². The number of aliphatic hydroxyl groups is 1. The second kappa shape index (κ2) is 5.45. The number of ether oxygens (including phenoxy) is 1. The Hall–Kier alpha value is -0.630. The highest BCUT2D eigenvalue weighted by Gasteiger charge is 2.27. The van der Waals surface area contributed by atoms with E-state index in [1.807, 2.05) is 27.7 Å². The molecule has 0 spiro atoms. The molecule has 4 nitrogen and oxygen atoms in total. The summed E-state index contributed by atoms with van der Waals surface area (Å²) < 4.78 is 5.27. The molecule has 0 rings (SSSR count). The quantitative estimate of drug-likeness (QED) is 0.684. The lowest BCUT2D eigenvalue weighted by Gasteiger charge is -2.30. The second-order valence-electron chi connectivity index (χ2n) is 4.92. The van der Waals surface area contributed by atoms with Crippen LogP contribution in [0.4, 0.5) is 0 Å². The maximum absolute atomic E-state index is 9.59. The van der Waals surface area contributed by atoms with Crippen molar-refractivity contribution >= 4 is 0 Å². The normalized spacial score (nSPS) is 17.9. The zero-order valence-corrected chi connectivity index (χ0v) is 10.3. The lowest BCUT2D eigenvalue weighted by Crippen LogP contribution is -2.50. The van der Waals surface area contributed by atoms with Gasteiger partial charge < -0.3 is 9.84 Å². The van der Waals surface area contributed by atoms with Crippen LogP contribution in [0, 0.1) is 11.3 Å². The van der Waals surface area contributed by atoms with E-state index in [9.17, 15) is 5.11 Å². The van der Waals surface area contributed by atoms with Gasteiger partial charge in [-0.3, -0.25) is 5.32 Å². The van der Waals surface area contributed by atoms with Gasteiger partial charge in [0.25, 0.3) is 0 Å². The Bertz CT molecular complexity index is 230. The van der Waals surface area contributed by atoms with Gasteiger partial charge in [0, 0.05) is 0 Å².